The van der Waals surface area contributed by atoms with Gasteiger partial charge in [0.2, 0.25) is 0 Å². The lowest BCUT2D eigenvalue weighted by Gasteiger charge is -2.10. The van der Waals surface area contributed by atoms with Crippen molar-refractivity contribution >= 4 is 39.3 Å². The van der Waals surface area contributed by atoms with Gasteiger partial charge in [0.15, 0.2) is 11.0 Å². The molecule has 0 saturated heterocycles. The Bertz CT molecular complexity index is 1290. The van der Waals surface area contributed by atoms with Crippen LogP contribution in [0.2, 0.25) is 0 Å². The zero-order valence-electron chi connectivity index (χ0n) is 18.6. The standard InChI is InChI=1S/C25H22BrN5O2S/c1-17(18-8-14-22(33-2)15-9-18)27-28-23(32)16-34-25-30-29-24(19-6-4-3-5-7-19)31(25)21-12-10-20(26)11-13-21/h3-15H,16H2,1-2H3,(H,28,32)/b27-17-. The summed E-state index contributed by atoms with van der Waals surface area (Å²) in [7, 11) is 1.62. The van der Waals surface area contributed by atoms with Gasteiger partial charge in [-0.15, -0.1) is 10.2 Å². The molecule has 0 unspecified atom stereocenters. The summed E-state index contributed by atoms with van der Waals surface area (Å²) in [4.78, 5) is 12.5. The lowest BCUT2D eigenvalue weighted by molar-refractivity contribution is -0.118. The summed E-state index contributed by atoms with van der Waals surface area (Å²) >= 11 is 4.78. The first-order valence-corrected chi connectivity index (χ1v) is 12.2. The van der Waals surface area contributed by atoms with Crippen LogP contribution < -0.4 is 10.2 Å². The van der Waals surface area contributed by atoms with Crippen molar-refractivity contribution in [1.29, 1.82) is 0 Å². The van der Waals surface area contributed by atoms with Crippen LogP contribution in [0.3, 0.4) is 0 Å². The molecule has 34 heavy (non-hydrogen) atoms. The van der Waals surface area contributed by atoms with Crippen LogP contribution in [0.5, 0.6) is 5.75 Å². The Morgan fingerprint density at radius 1 is 1.03 bits per heavy atom. The number of halogens is 1. The molecule has 9 heteroatoms. The number of carbonyl (C=O) groups excluding carboxylic acids is 1. The summed E-state index contributed by atoms with van der Waals surface area (Å²) in [5, 5.41) is 13.6. The van der Waals surface area contributed by atoms with Crippen LogP contribution in [-0.2, 0) is 4.79 Å². The Hall–Kier alpha value is -3.43. The third kappa shape index (κ3) is 5.73. The van der Waals surface area contributed by atoms with E-state index in [9.17, 15) is 4.79 Å². The van der Waals surface area contributed by atoms with Gasteiger partial charge in [-0.1, -0.05) is 58.0 Å². The van der Waals surface area contributed by atoms with Gasteiger partial charge < -0.3 is 4.74 Å². The van der Waals surface area contributed by atoms with E-state index in [1.807, 2.05) is 90.4 Å². The van der Waals surface area contributed by atoms with Gasteiger partial charge in [0.25, 0.3) is 5.91 Å². The number of hydrogen-bond acceptors (Lipinski definition) is 6. The van der Waals surface area contributed by atoms with Gasteiger partial charge in [-0.25, -0.2) is 5.43 Å². The average Bonchev–Trinajstić information content (AvgIpc) is 3.31. The van der Waals surface area contributed by atoms with E-state index in [0.29, 0.717) is 16.7 Å². The molecule has 1 aromatic heterocycles. The van der Waals surface area contributed by atoms with Gasteiger partial charge in [-0.2, -0.15) is 5.10 Å². The van der Waals surface area contributed by atoms with Crippen LogP contribution in [0.4, 0.5) is 0 Å². The second-order valence-electron chi connectivity index (χ2n) is 7.23. The first kappa shape index (κ1) is 23.7. The van der Waals surface area contributed by atoms with E-state index in [1.165, 1.54) is 11.8 Å². The Morgan fingerprint density at radius 2 is 1.74 bits per heavy atom. The normalized spacial score (nSPS) is 11.3. The second-order valence-corrected chi connectivity index (χ2v) is 9.09. The van der Waals surface area contributed by atoms with Gasteiger partial charge in [-0.05, 0) is 61.0 Å². The number of ether oxygens (including phenoxy) is 1. The van der Waals surface area contributed by atoms with E-state index in [1.54, 1.807) is 7.11 Å². The third-order valence-electron chi connectivity index (χ3n) is 4.94. The quantitative estimate of drug-likeness (QED) is 0.187. The largest absolute Gasteiger partial charge is 0.497 e. The van der Waals surface area contributed by atoms with E-state index >= 15 is 0 Å². The van der Waals surface area contributed by atoms with E-state index in [2.05, 4.69) is 36.7 Å². The maximum atomic E-state index is 12.5. The minimum Gasteiger partial charge on any atom is -0.497 e. The molecule has 1 N–H and O–H groups in total. The zero-order chi connectivity index (χ0) is 23.9. The molecule has 0 bridgehead atoms. The highest BCUT2D eigenvalue weighted by molar-refractivity contribution is 9.10. The van der Waals surface area contributed by atoms with Crippen molar-refractivity contribution in [2.75, 3.05) is 12.9 Å². The fourth-order valence-corrected chi connectivity index (χ4v) is 4.17. The minimum atomic E-state index is -0.232. The number of methoxy groups -OCH3 is 1. The van der Waals surface area contributed by atoms with Crippen molar-refractivity contribution in [2.45, 2.75) is 12.1 Å². The van der Waals surface area contributed by atoms with Crippen LogP contribution in [0.15, 0.2) is 93.6 Å². The van der Waals surface area contributed by atoms with Gasteiger partial charge in [0.1, 0.15) is 5.75 Å². The van der Waals surface area contributed by atoms with Crippen LogP contribution in [-0.4, -0.2) is 39.2 Å². The van der Waals surface area contributed by atoms with Crippen LogP contribution in [0, 0.1) is 0 Å². The van der Waals surface area contributed by atoms with Crippen LogP contribution in [0.1, 0.15) is 12.5 Å². The molecule has 3 aromatic carbocycles. The predicted octanol–water partition coefficient (Wildman–Crippen LogP) is 5.34. The molecule has 0 saturated carbocycles. The fraction of sp³-hybridized carbons (Fsp3) is 0.120. The number of benzene rings is 3. The maximum absolute atomic E-state index is 12.5. The van der Waals surface area contributed by atoms with Gasteiger partial charge in [-0.3, -0.25) is 9.36 Å². The monoisotopic (exact) mass is 535 g/mol. The molecule has 1 amide bonds. The molecular weight excluding hydrogens is 514 g/mol. The number of hydrogen-bond donors (Lipinski definition) is 1. The van der Waals surface area contributed by atoms with Crippen molar-refractivity contribution in [1.82, 2.24) is 20.2 Å². The topological polar surface area (TPSA) is 81.4 Å². The lowest BCUT2D eigenvalue weighted by atomic mass is 10.1. The Morgan fingerprint density at radius 3 is 2.41 bits per heavy atom. The molecule has 0 aliphatic heterocycles. The maximum Gasteiger partial charge on any atom is 0.250 e. The van der Waals surface area contributed by atoms with Crippen molar-refractivity contribution in [3.63, 3.8) is 0 Å². The van der Waals surface area contributed by atoms with Crippen molar-refractivity contribution < 1.29 is 9.53 Å². The van der Waals surface area contributed by atoms with E-state index < -0.39 is 0 Å². The molecule has 0 atom stereocenters. The van der Waals surface area contributed by atoms with Crippen LogP contribution >= 0.6 is 27.7 Å². The minimum absolute atomic E-state index is 0.142. The lowest BCUT2D eigenvalue weighted by Crippen LogP contribution is -2.21. The molecule has 7 nitrogen and oxygen atoms in total. The summed E-state index contributed by atoms with van der Waals surface area (Å²) in [5.74, 6) is 1.38. The molecule has 172 valence electrons. The van der Waals surface area contributed by atoms with Gasteiger partial charge in [0.05, 0.1) is 18.6 Å². The second kappa shape index (κ2) is 11.1. The summed E-state index contributed by atoms with van der Waals surface area (Å²) in [6.07, 6.45) is 0. The number of nitrogens with zero attached hydrogens (tertiary/aromatic N) is 4. The molecule has 4 rings (SSSR count). The summed E-state index contributed by atoms with van der Waals surface area (Å²) < 4.78 is 8.10. The molecule has 1 heterocycles. The van der Waals surface area contributed by atoms with E-state index in [0.717, 1.165) is 27.0 Å². The number of aromatic nitrogens is 3. The number of amides is 1. The number of thioether (sulfide) groups is 1. The third-order valence-corrected chi connectivity index (χ3v) is 6.40. The first-order valence-electron chi connectivity index (χ1n) is 10.4. The Kier molecular flexibility index (Phi) is 7.76. The number of rotatable bonds is 8. The van der Waals surface area contributed by atoms with Gasteiger partial charge >= 0.3 is 0 Å². The van der Waals surface area contributed by atoms with Gasteiger partial charge in [0, 0.05) is 15.7 Å². The predicted molar refractivity (Wildman–Crippen MR) is 139 cm³/mol. The molecule has 0 aliphatic rings. The zero-order valence-corrected chi connectivity index (χ0v) is 21.0. The van der Waals surface area contributed by atoms with Crippen molar-refractivity contribution in [2.24, 2.45) is 5.10 Å². The molecule has 0 spiro atoms. The number of hydrazone groups is 1. The highest BCUT2D eigenvalue weighted by Crippen LogP contribution is 2.28. The SMILES string of the molecule is COc1ccc(/C(C)=N\NC(=O)CSc2nnc(-c3ccccc3)n2-c2ccc(Br)cc2)cc1. The van der Waals surface area contributed by atoms with E-state index in [-0.39, 0.29) is 11.7 Å². The fourth-order valence-electron chi connectivity index (χ4n) is 3.17. The molecular formula is C25H22BrN5O2S. The molecule has 0 fully saturated rings. The Labute approximate surface area is 210 Å². The molecule has 0 radical (unpaired) electrons. The first-order chi connectivity index (χ1) is 16.5. The number of nitrogens with one attached hydrogen (secondary N) is 1. The van der Waals surface area contributed by atoms with Crippen LogP contribution in [0.25, 0.3) is 17.1 Å². The smallest absolute Gasteiger partial charge is 0.250 e. The average molecular weight is 536 g/mol. The molecule has 4 aromatic rings. The Balaban J connectivity index is 1.49. The van der Waals surface area contributed by atoms with Crippen molar-refractivity contribution in [3.8, 4) is 22.8 Å². The summed E-state index contributed by atoms with van der Waals surface area (Å²) in [5.41, 5.74) is 6.06. The van der Waals surface area contributed by atoms with Crippen molar-refractivity contribution in [3.05, 3.63) is 88.9 Å². The number of carbonyl (C=O) groups is 1. The molecule has 0 aliphatic carbocycles. The highest BCUT2D eigenvalue weighted by Gasteiger charge is 2.17. The highest BCUT2D eigenvalue weighted by atomic mass is 79.9. The summed E-state index contributed by atoms with van der Waals surface area (Å²) in [6, 6.07) is 25.2. The van der Waals surface area contributed by atoms with E-state index in [4.69, 9.17) is 4.74 Å². The summed E-state index contributed by atoms with van der Waals surface area (Å²) in [6.45, 7) is 1.84.